The molecule has 0 aromatic carbocycles. The molecule has 0 radical (unpaired) electrons. The van der Waals surface area contributed by atoms with E-state index < -0.39 is 16.8 Å². The molecule has 0 amide bonds. The van der Waals surface area contributed by atoms with Crippen LogP contribution in [-0.4, -0.2) is 73.2 Å². The lowest BCUT2D eigenvalue weighted by atomic mass is 10.3. The second-order valence-electron chi connectivity index (χ2n) is 7.11. The van der Waals surface area contributed by atoms with Gasteiger partial charge in [0.1, 0.15) is 8.24 Å². The lowest BCUT2D eigenvalue weighted by molar-refractivity contribution is 0.178. The molecule has 1 aliphatic rings. The number of nitrogens with zero attached hydrogens (tertiary/aromatic N) is 2. The van der Waals surface area contributed by atoms with E-state index in [0.29, 0.717) is 0 Å². The zero-order chi connectivity index (χ0) is 17.3. The van der Waals surface area contributed by atoms with Crippen molar-refractivity contribution in [3.05, 3.63) is 0 Å². The Balaban J connectivity index is 2.29. The topological polar surface area (TPSA) is 24.9 Å². The molecule has 138 valence electrons. The third kappa shape index (κ3) is 5.94. The molecule has 0 spiro atoms. The van der Waals surface area contributed by atoms with Crippen LogP contribution < -0.4 is 0 Å². The van der Waals surface area contributed by atoms with Gasteiger partial charge in [0.05, 0.1) is 0 Å². The molecule has 0 atom stereocenters. The van der Waals surface area contributed by atoms with Gasteiger partial charge in [-0.05, 0) is 43.7 Å². The molecule has 0 aromatic rings. The van der Waals surface area contributed by atoms with E-state index in [1.54, 1.807) is 14.2 Å². The van der Waals surface area contributed by atoms with Crippen LogP contribution in [0.2, 0.25) is 30.7 Å². The fraction of sp³-hybridized carbons (Fsp3) is 1.00. The first kappa shape index (κ1) is 21.3. The molecular weight excluding hydrogens is 320 g/mol. The normalized spacial score (nSPS) is 18.5. The summed E-state index contributed by atoms with van der Waals surface area (Å²) < 4.78 is 14.0. The zero-order valence-corrected chi connectivity index (χ0v) is 18.5. The summed E-state index contributed by atoms with van der Waals surface area (Å²) >= 11 is 0. The molecule has 1 heterocycles. The van der Waals surface area contributed by atoms with Crippen LogP contribution in [0.1, 0.15) is 33.6 Å². The maximum Gasteiger partial charge on any atom is 0.334 e. The van der Waals surface area contributed by atoms with Gasteiger partial charge in [-0.15, -0.1) is 0 Å². The van der Waals surface area contributed by atoms with Crippen molar-refractivity contribution in [2.24, 2.45) is 0 Å². The van der Waals surface area contributed by atoms with Gasteiger partial charge in [-0.3, -0.25) is 0 Å². The van der Waals surface area contributed by atoms with Crippen molar-refractivity contribution in [2.45, 2.75) is 64.3 Å². The molecule has 1 rings (SSSR count). The van der Waals surface area contributed by atoms with Crippen LogP contribution in [0.5, 0.6) is 0 Å². The molecule has 0 saturated carbocycles. The molecule has 0 bridgehead atoms. The Bertz CT molecular complexity index is 307. The van der Waals surface area contributed by atoms with E-state index in [1.165, 1.54) is 63.7 Å². The first-order chi connectivity index (χ1) is 11.0. The first-order valence-electron chi connectivity index (χ1n) is 9.57. The quantitative estimate of drug-likeness (QED) is 0.414. The van der Waals surface area contributed by atoms with Gasteiger partial charge in [-0.2, -0.15) is 0 Å². The maximum atomic E-state index is 5.57. The molecular formula is C17H40N2O2Si2. The lowest BCUT2D eigenvalue weighted by Crippen LogP contribution is -2.59. The van der Waals surface area contributed by atoms with E-state index in [4.69, 9.17) is 8.85 Å². The molecule has 0 N–H and O–H groups in total. The highest BCUT2D eigenvalue weighted by atomic mass is 28.4. The number of rotatable bonds is 11. The molecule has 1 saturated heterocycles. The number of hydrogen-bond acceptors (Lipinski definition) is 4. The van der Waals surface area contributed by atoms with Crippen LogP contribution >= 0.6 is 0 Å². The summed E-state index contributed by atoms with van der Waals surface area (Å²) in [7, 11) is 0.588. The van der Waals surface area contributed by atoms with Gasteiger partial charge in [0, 0.05) is 40.4 Å². The van der Waals surface area contributed by atoms with Crippen LogP contribution in [0.15, 0.2) is 0 Å². The third-order valence-electron chi connectivity index (χ3n) is 6.24. The Kier molecular flexibility index (Phi) is 9.55. The summed E-state index contributed by atoms with van der Waals surface area (Å²) in [5.41, 5.74) is 0. The summed E-state index contributed by atoms with van der Waals surface area (Å²) in [5, 5.41) is 0. The van der Waals surface area contributed by atoms with E-state index in [0.717, 1.165) is 6.04 Å². The van der Waals surface area contributed by atoms with Gasteiger partial charge >= 0.3 is 8.56 Å². The van der Waals surface area contributed by atoms with Gasteiger partial charge < -0.3 is 18.3 Å². The number of unbranched alkanes of at least 4 members (excludes halogenated alkanes) is 1. The van der Waals surface area contributed by atoms with Crippen LogP contribution in [0.25, 0.3) is 0 Å². The molecule has 0 aromatic heterocycles. The van der Waals surface area contributed by atoms with Crippen molar-refractivity contribution in [1.82, 2.24) is 9.47 Å². The molecule has 0 aliphatic carbocycles. The zero-order valence-electron chi connectivity index (χ0n) is 16.5. The largest absolute Gasteiger partial charge is 0.398 e. The van der Waals surface area contributed by atoms with Gasteiger partial charge in [0.2, 0.25) is 0 Å². The number of hydrogen-bond donors (Lipinski definition) is 0. The van der Waals surface area contributed by atoms with Crippen molar-refractivity contribution in [1.29, 1.82) is 0 Å². The highest BCUT2D eigenvalue weighted by molar-refractivity contribution is 6.77. The minimum Gasteiger partial charge on any atom is -0.398 e. The van der Waals surface area contributed by atoms with Crippen LogP contribution in [-0.2, 0) is 8.85 Å². The molecule has 6 heteroatoms. The first-order valence-corrected chi connectivity index (χ1v) is 14.7. The van der Waals surface area contributed by atoms with Gasteiger partial charge in [-0.25, -0.2) is 0 Å². The minimum atomic E-state index is -1.86. The second kappa shape index (κ2) is 10.3. The maximum absolute atomic E-state index is 5.57. The van der Waals surface area contributed by atoms with E-state index in [-0.39, 0.29) is 0 Å². The van der Waals surface area contributed by atoms with Gasteiger partial charge in [0.15, 0.2) is 0 Å². The summed E-state index contributed by atoms with van der Waals surface area (Å²) in [6, 6.07) is 5.35. The van der Waals surface area contributed by atoms with Crippen molar-refractivity contribution in [2.75, 3.05) is 46.9 Å². The minimum absolute atomic E-state index is 1.11. The SMILES string of the molecule is CC[Si](CC)(CC)N1CCN(CCCC[Si](C)(OC)OC)CC1. The summed E-state index contributed by atoms with van der Waals surface area (Å²) in [5.74, 6) is 0. The lowest BCUT2D eigenvalue weighted by Gasteiger charge is -2.46. The van der Waals surface area contributed by atoms with Crippen molar-refractivity contribution >= 4 is 16.8 Å². The highest BCUT2D eigenvalue weighted by Gasteiger charge is 2.36. The standard InChI is InChI=1S/C17H40N2O2Si2/c1-7-23(8-2,9-3)19-15-13-18(14-16-19)12-10-11-17-22(6,20-4)21-5/h7-17H2,1-6H3. The van der Waals surface area contributed by atoms with E-state index in [1.807, 2.05) is 0 Å². The molecule has 1 aliphatic heterocycles. The third-order valence-corrected chi connectivity index (χ3v) is 15.0. The van der Waals surface area contributed by atoms with E-state index >= 15 is 0 Å². The number of piperazine rings is 1. The van der Waals surface area contributed by atoms with Gasteiger partial charge in [0.25, 0.3) is 0 Å². The van der Waals surface area contributed by atoms with Crippen molar-refractivity contribution < 1.29 is 8.85 Å². The molecule has 4 nitrogen and oxygen atoms in total. The van der Waals surface area contributed by atoms with Gasteiger partial charge in [-0.1, -0.05) is 27.2 Å². The van der Waals surface area contributed by atoms with Crippen LogP contribution in [0.3, 0.4) is 0 Å². The predicted octanol–water partition coefficient (Wildman–Crippen LogP) is 3.75. The van der Waals surface area contributed by atoms with Crippen LogP contribution in [0.4, 0.5) is 0 Å². The fourth-order valence-corrected chi connectivity index (χ4v) is 9.39. The predicted molar refractivity (Wildman–Crippen MR) is 105 cm³/mol. The Hall–Kier alpha value is 0.274. The Morgan fingerprint density at radius 2 is 1.35 bits per heavy atom. The van der Waals surface area contributed by atoms with E-state index in [2.05, 4.69) is 36.8 Å². The average Bonchev–Trinajstić information content (AvgIpc) is 2.61. The van der Waals surface area contributed by atoms with Crippen molar-refractivity contribution in [3.8, 4) is 0 Å². The summed E-state index contributed by atoms with van der Waals surface area (Å²) in [4.78, 5) is 2.66. The summed E-state index contributed by atoms with van der Waals surface area (Å²) in [6.07, 6.45) is 2.50. The molecule has 23 heavy (non-hydrogen) atoms. The van der Waals surface area contributed by atoms with Crippen molar-refractivity contribution in [3.63, 3.8) is 0 Å². The highest BCUT2D eigenvalue weighted by Crippen LogP contribution is 2.26. The van der Waals surface area contributed by atoms with E-state index in [9.17, 15) is 0 Å². The summed E-state index contributed by atoms with van der Waals surface area (Å²) in [6.45, 7) is 15.8. The Morgan fingerprint density at radius 1 is 0.826 bits per heavy atom. The Morgan fingerprint density at radius 3 is 1.78 bits per heavy atom. The second-order valence-corrected chi connectivity index (χ2v) is 15.9. The fourth-order valence-electron chi connectivity index (χ4n) is 3.94. The smallest absolute Gasteiger partial charge is 0.334 e. The molecule has 0 unspecified atom stereocenters. The van der Waals surface area contributed by atoms with Crippen LogP contribution in [0, 0.1) is 0 Å². The molecule has 1 fully saturated rings. The average molecular weight is 361 g/mol. The monoisotopic (exact) mass is 360 g/mol. The Labute approximate surface area is 146 Å².